The van der Waals surface area contributed by atoms with E-state index in [0.29, 0.717) is 17.9 Å². The lowest BCUT2D eigenvalue weighted by Gasteiger charge is -2.30. The molecule has 1 amide bonds. The fourth-order valence-electron chi connectivity index (χ4n) is 3.97. The third kappa shape index (κ3) is 5.03. The molecule has 158 valence electrons. The molecule has 2 heterocycles. The number of nitrogens with zero attached hydrogens (tertiary/aromatic N) is 1. The van der Waals surface area contributed by atoms with Crippen molar-refractivity contribution in [2.45, 2.75) is 32.8 Å². The van der Waals surface area contributed by atoms with Gasteiger partial charge in [-0.25, -0.2) is 0 Å². The predicted octanol–water partition coefficient (Wildman–Crippen LogP) is 4.86. The quantitative estimate of drug-likeness (QED) is 0.543. The van der Waals surface area contributed by atoms with Crippen molar-refractivity contribution in [2.24, 2.45) is 5.92 Å². The Kier molecular flexibility index (Phi) is 6.70. The number of para-hydroxylation sites is 2. The van der Waals surface area contributed by atoms with E-state index in [9.17, 15) is 4.79 Å². The largest absolute Gasteiger partial charge is 0.489 e. The molecule has 5 heteroatoms. The summed E-state index contributed by atoms with van der Waals surface area (Å²) in [5.41, 5.74) is 1.49. The normalized spacial score (nSPS) is 15.4. The first-order chi connectivity index (χ1) is 14.7. The standard InChI is InChI=1S/C25H30N2O3/c1-19-12-16-27(17-13-19)15-7-14-26-25(28)24-22(18-29-20-8-3-2-4-9-20)21-10-5-6-11-23(21)30-24/h2-6,8-11,19H,7,12-18H2,1H3,(H,26,28). The molecule has 2 aromatic carbocycles. The van der Waals surface area contributed by atoms with Gasteiger partial charge in [-0.05, 0) is 63.0 Å². The van der Waals surface area contributed by atoms with Crippen LogP contribution in [0.5, 0.6) is 5.75 Å². The minimum absolute atomic E-state index is 0.176. The van der Waals surface area contributed by atoms with Gasteiger partial charge in [-0.1, -0.05) is 43.3 Å². The first kappa shape index (κ1) is 20.5. The van der Waals surface area contributed by atoms with E-state index in [1.165, 1.54) is 25.9 Å². The Labute approximate surface area is 178 Å². The van der Waals surface area contributed by atoms with Gasteiger partial charge in [0.05, 0.1) is 0 Å². The fraction of sp³-hybridized carbons (Fsp3) is 0.400. The molecule has 5 nitrogen and oxygen atoms in total. The van der Waals surface area contributed by atoms with Crippen LogP contribution in [0.2, 0.25) is 0 Å². The van der Waals surface area contributed by atoms with Crippen molar-refractivity contribution < 1.29 is 13.9 Å². The maximum absolute atomic E-state index is 12.9. The Morgan fingerprint density at radius 1 is 1.10 bits per heavy atom. The number of hydrogen-bond donors (Lipinski definition) is 1. The summed E-state index contributed by atoms with van der Waals surface area (Å²) in [6.07, 6.45) is 3.49. The van der Waals surface area contributed by atoms with E-state index in [1.54, 1.807) is 0 Å². The number of fused-ring (bicyclic) bond motifs is 1. The highest BCUT2D eigenvalue weighted by Gasteiger charge is 2.21. The third-order valence-electron chi connectivity index (χ3n) is 5.84. The summed E-state index contributed by atoms with van der Waals surface area (Å²) >= 11 is 0. The molecule has 1 N–H and O–H groups in total. The van der Waals surface area contributed by atoms with E-state index in [-0.39, 0.29) is 12.5 Å². The van der Waals surface area contributed by atoms with Crippen LogP contribution in [-0.4, -0.2) is 37.0 Å². The van der Waals surface area contributed by atoms with E-state index in [0.717, 1.165) is 35.6 Å². The van der Waals surface area contributed by atoms with Gasteiger partial charge in [-0.2, -0.15) is 0 Å². The van der Waals surface area contributed by atoms with Crippen molar-refractivity contribution in [3.05, 3.63) is 65.9 Å². The van der Waals surface area contributed by atoms with E-state index < -0.39 is 0 Å². The topological polar surface area (TPSA) is 54.7 Å². The van der Waals surface area contributed by atoms with E-state index in [2.05, 4.69) is 17.1 Å². The highest BCUT2D eigenvalue weighted by atomic mass is 16.5. The minimum atomic E-state index is -0.176. The lowest BCUT2D eigenvalue weighted by atomic mass is 9.99. The predicted molar refractivity (Wildman–Crippen MR) is 119 cm³/mol. The molecule has 30 heavy (non-hydrogen) atoms. The van der Waals surface area contributed by atoms with Gasteiger partial charge >= 0.3 is 0 Å². The Morgan fingerprint density at radius 2 is 1.83 bits per heavy atom. The van der Waals surface area contributed by atoms with Gasteiger partial charge in [0.2, 0.25) is 0 Å². The van der Waals surface area contributed by atoms with Crippen molar-refractivity contribution in [2.75, 3.05) is 26.2 Å². The molecule has 1 aromatic heterocycles. The van der Waals surface area contributed by atoms with E-state index >= 15 is 0 Å². The van der Waals surface area contributed by atoms with E-state index in [1.807, 2.05) is 54.6 Å². The third-order valence-corrected chi connectivity index (χ3v) is 5.84. The molecule has 0 saturated carbocycles. The molecule has 0 bridgehead atoms. The summed E-state index contributed by atoms with van der Waals surface area (Å²) in [6, 6.07) is 17.3. The summed E-state index contributed by atoms with van der Waals surface area (Å²) in [5, 5.41) is 3.95. The second kappa shape index (κ2) is 9.81. The van der Waals surface area contributed by atoms with Crippen molar-refractivity contribution in [1.82, 2.24) is 10.2 Å². The SMILES string of the molecule is CC1CCN(CCCNC(=O)c2oc3ccccc3c2COc2ccccc2)CC1. The van der Waals surface area contributed by atoms with Crippen LogP contribution < -0.4 is 10.1 Å². The summed E-state index contributed by atoms with van der Waals surface area (Å²) in [4.78, 5) is 15.4. The van der Waals surface area contributed by atoms with E-state index in [4.69, 9.17) is 9.15 Å². The molecule has 0 unspecified atom stereocenters. The Morgan fingerprint density at radius 3 is 2.63 bits per heavy atom. The van der Waals surface area contributed by atoms with Crippen LogP contribution in [-0.2, 0) is 6.61 Å². The zero-order valence-electron chi connectivity index (χ0n) is 17.6. The van der Waals surface area contributed by atoms with Crippen LogP contribution in [0.1, 0.15) is 42.3 Å². The Hall–Kier alpha value is -2.79. The summed E-state index contributed by atoms with van der Waals surface area (Å²) in [5.74, 6) is 1.78. The number of furan rings is 1. The first-order valence-corrected chi connectivity index (χ1v) is 10.9. The number of nitrogens with one attached hydrogen (secondary N) is 1. The van der Waals surface area contributed by atoms with Crippen LogP contribution in [0.3, 0.4) is 0 Å². The lowest BCUT2D eigenvalue weighted by Crippen LogP contribution is -2.35. The molecule has 4 rings (SSSR count). The lowest BCUT2D eigenvalue weighted by molar-refractivity contribution is 0.0921. The molecule has 1 aliphatic rings. The molecule has 0 radical (unpaired) electrons. The molecule has 0 aliphatic carbocycles. The average molecular weight is 407 g/mol. The van der Waals surface area contributed by atoms with Crippen molar-refractivity contribution in [3.63, 3.8) is 0 Å². The highest BCUT2D eigenvalue weighted by molar-refractivity contribution is 5.99. The molecule has 1 aliphatic heterocycles. The summed E-state index contributed by atoms with van der Waals surface area (Å²) in [6.45, 7) is 6.61. The number of carbonyl (C=O) groups is 1. The molecular formula is C25H30N2O3. The Balaban J connectivity index is 1.37. The van der Waals surface area contributed by atoms with Crippen molar-refractivity contribution >= 4 is 16.9 Å². The molecule has 0 atom stereocenters. The van der Waals surface area contributed by atoms with Crippen LogP contribution >= 0.6 is 0 Å². The maximum atomic E-state index is 12.9. The maximum Gasteiger partial charge on any atom is 0.287 e. The zero-order valence-corrected chi connectivity index (χ0v) is 17.6. The number of amides is 1. The number of benzene rings is 2. The second-order valence-corrected chi connectivity index (χ2v) is 8.14. The van der Waals surface area contributed by atoms with Crippen molar-refractivity contribution in [3.8, 4) is 5.75 Å². The minimum Gasteiger partial charge on any atom is -0.489 e. The van der Waals surface area contributed by atoms with Gasteiger partial charge in [-0.15, -0.1) is 0 Å². The van der Waals surface area contributed by atoms with Gasteiger partial charge in [0.1, 0.15) is 17.9 Å². The fourth-order valence-corrected chi connectivity index (χ4v) is 3.97. The van der Waals surface area contributed by atoms with Crippen LogP contribution in [0.25, 0.3) is 11.0 Å². The van der Waals surface area contributed by atoms with Crippen molar-refractivity contribution in [1.29, 1.82) is 0 Å². The Bertz CT molecular complexity index is 959. The van der Waals surface area contributed by atoms with Gasteiger partial charge in [0.15, 0.2) is 5.76 Å². The number of carbonyl (C=O) groups excluding carboxylic acids is 1. The van der Waals surface area contributed by atoms with Crippen LogP contribution in [0.4, 0.5) is 0 Å². The molecule has 0 spiro atoms. The second-order valence-electron chi connectivity index (χ2n) is 8.14. The molecule has 1 saturated heterocycles. The van der Waals surface area contributed by atoms with Crippen LogP contribution in [0, 0.1) is 5.92 Å². The number of piperidine rings is 1. The number of ether oxygens (including phenoxy) is 1. The monoisotopic (exact) mass is 406 g/mol. The van der Waals surface area contributed by atoms with Gasteiger partial charge in [0.25, 0.3) is 5.91 Å². The molecule has 1 fully saturated rings. The molecular weight excluding hydrogens is 376 g/mol. The van der Waals surface area contributed by atoms with Crippen LogP contribution in [0.15, 0.2) is 59.0 Å². The number of likely N-dealkylation sites (tertiary alicyclic amines) is 1. The van der Waals surface area contributed by atoms with Gasteiger partial charge in [0, 0.05) is 17.5 Å². The van der Waals surface area contributed by atoms with Gasteiger partial charge in [-0.3, -0.25) is 4.79 Å². The smallest absolute Gasteiger partial charge is 0.287 e. The number of rotatable bonds is 8. The average Bonchev–Trinajstić information content (AvgIpc) is 3.16. The first-order valence-electron chi connectivity index (χ1n) is 10.9. The van der Waals surface area contributed by atoms with Gasteiger partial charge < -0.3 is 19.4 Å². The zero-order chi connectivity index (χ0) is 20.8. The number of hydrogen-bond acceptors (Lipinski definition) is 4. The highest BCUT2D eigenvalue weighted by Crippen LogP contribution is 2.27. The summed E-state index contributed by atoms with van der Waals surface area (Å²) in [7, 11) is 0. The summed E-state index contributed by atoms with van der Waals surface area (Å²) < 4.78 is 11.8. The molecule has 3 aromatic rings.